The largest absolute Gasteiger partial charge is 0.481 e. The Labute approximate surface area is 123 Å². The number of nitrogens with one attached hydrogen (secondary N) is 1. The predicted molar refractivity (Wildman–Crippen MR) is 79.3 cm³/mol. The van der Waals surface area contributed by atoms with Crippen LogP contribution in [0.3, 0.4) is 0 Å². The lowest BCUT2D eigenvalue weighted by Crippen LogP contribution is -2.46. The van der Waals surface area contributed by atoms with Crippen LogP contribution in [0.15, 0.2) is 6.07 Å². The minimum Gasteiger partial charge on any atom is -0.481 e. The topological polar surface area (TPSA) is 66.4 Å². The highest BCUT2D eigenvalue weighted by atomic mass is 32.1. The first-order valence-corrected chi connectivity index (χ1v) is 7.83. The van der Waals surface area contributed by atoms with E-state index in [0.29, 0.717) is 11.3 Å². The van der Waals surface area contributed by atoms with Crippen LogP contribution in [0, 0.1) is 12.3 Å². The van der Waals surface area contributed by atoms with E-state index in [0.717, 1.165) is 24.8 Å². The fourth-order valence-electron chi connectivity index (χ4n) is 2.87. The van der Waals surface area contributed by atoms with Crippen LogP contribution < -0.4 is 5.32 Å². The molecule has 0 spiro atoms. The maximum absolute atomic E-state index is 12.3. The molecule has 1 saturated carbocycles. The minimum absolute atomic E-state index is 0.142. The van der Waals surface area contributed by atoms with E-state index in [1.54, 1.807) is 6.92 Å². The van der Waals surface area contributed by atoms with Crippen molar-refractivity contribution in [3.05, 3.63) is 21.4 Å². The van der Waals surface area contributed by atoms with Gasteiger partial charge in [-0.3, -0.25) is 9.59 Å². The summed E-state index contributed by atoms with van der Waals surface area (Å²) in [5, 5.41) is 12.3. The Morgan fingerprint density at radius 2 is 2.25 bits per heavy atom. The molecule has 4 nitrogen and oxygen atoms in total. The maximum Gasteiger partial charge on any atom is 0.311 e. The van der Waals surface area contributed by atoms with Gasteiger partial charge in [-0.1, -0.05) is 13.3 Å². The molecule has 20 heavy (non-hydrogen) atoms. The molecule has 1 aliphatic carbocycles. The van der Waals surface area contributed by atoms with E-state index < -0.39 is 11.4 Å². The SMILES string of the molecule is CCc1sc(C(=O)NC2CCCC2(C)C(=O)O)cc1C. The van der Waals surface area contributed by atoms with Gasteiger partial charge in [0.15, 0.2) is 0 Å². The second kappa shape index (κ2) is 5.56. The number of rotatable bonds is 4. The maximum atomic E-state index is 12.3. The van der Waals surface area contributed by atoms with Crippen LogP contribution in [0.1, 0.15) is 53.2 Å². The lowest BCUT2D eigenvalue weighted by atomic mass is 9.85. The van der Waals surface area contributed by atoms with Crippen molar-refractivity contribution >= 4 is 23.2 Å². The van der Waals surface area contributed by atoms with Crippen LogP contribution in [-0.4, -0.2) is 23.0 Å². The third-order valence-electron chi connectivity index (χ3n) is 4.32. The molecular formula is C15H21NO3S. The molecule has 110 valence electrons. The van der Waals surface area contributed by atoms with Crippen molar-refractivity contribution in [2.75, 3.05) is 0 Å². The molecule has 1 amide bonds. The summed E-state index contributed by atoms with van der Waals surface area (Å²) in [6.45, 7) is 5.80. The Kier molecular flexibility index (Phi) is 4.18. The Morgan fingerprint density at radius 3 is 2.80 bits per heavy atom. The van der Waals surface area contributed by atoms with Crippen molar-refractivity contribution in [3.8, 4) is 0 Å². The molecule has 1 aliphatic rings. The van der Waals surface area contributed by atoms with E-state index in [4.69, 9.17) is 0 Å². The first-order chi connectivity index (χ1) is 9.38. The second-order valence-corrected chi connectivity index (χ2v) is 6.85. The van der Waals surface area contributed by atoms with Crippen LogP contribution in [0.25, 0.3) is 0 Å². The first kappa shape index (κ1) is 15.0. The first-order valence-electron chi connectivity index (χ1n) is 7.02. The van der Waals surface area contributed by atoms with E-state index in [1.807, 2.05) is 13.0 Å². The molecule has 0 aliphatic heterocycles. The zero-order valence-electron chi connectivity index (χ0n) is 12.2. The summed E-state index contributed by atoms with van der Waals surface area (Å²) in [6.07, 6.45) is 3.12. The molecule has 0 radical (unpaired) electrons. The summed E-state index contributed by atoms with van der Waals surface area (Å²) >= 11 is 1.50. The number of thiophene rings is 1. The van der Waals surface area contributed by atoms with Gasteiger partial charge in [-0.05, 0) is 44.7 Å². The summed E-state index contributed by atoms with van der Waals surface area (Å²) in [6, 6.07) is 1.62. The molecule has 0 bridgehead atoms. The van der Waals surface area contributed by atoms with Crippen molar-refractivity contribution in [1.29, 1.82) is 0 Å². The van der Waals surface area contributed by atoms with Gasteiger partial charge in [-0.15, -0.1) is 11.3 Å². The van der Waals surface area contributed by atoms with E-state index >= 15 is 0 Å². The van der Waals surface area contributed by atoms with Gasteiger partial charge >= 0.3 is 5.97 Å². The fourth-order valence-corrected chi connectivity index (χ4v) is 3.88. The van der Waals surface area contributed by atoms with E-state index in [-0.39, 0.29) is 11.9 Å². The Bertz CT molecular complexity index is 537. The molecule has 2 unspecified atom stereocenters. The zero-order chi connectivity index (χ0) is 14.9. The molecular weight excluding hydrogens is 274 g/mol. The number of amides is 1. The minimum atomic E-state index is -0.838. The highest BCUT2D eigenvalue weighted by molar-refractivity contribution is 7.14. The van der Waals surface area contributed by atoms with Crippen molar-refractivity contribution in [3.63, 3.8) is 0 Å². The number of carboxylic acid groups (broad SMARTS) is 1. The van der Waals surface area contributed by atoms with Crippen molar-refractivity contribution in [2.24, 2.45) is 5.41 Å². The third-order valence-corrected chi connectivity index (χ3v) is 5.70. The Hall–Kier alpha value is -1.36. The van der Waals surface area contributed by atoms with Crippen molar-refractivity contribution in [1.82, 2.24) is 5.32 Å². The number of hydrogen-bond donors (Lipinski definition) is 2. The lowest BCUT2D eigenvalue weighted by molar-refractivity contribution is -0.148. The number of aliphatic carboxylic acids is 1. The average molecular weight is 295 g/mol. The number of carboxylic acids is 1. The molecule has 1 fully saturated rings. The van der Waals surface area contributed by atoms with Gasteiger partial charge in [0.05, 0.1) is 10.3 Å². The Morgan fingerprint density at radius 1 is 1.55 bits per heavy atom. The van der Waals surface area contributed by atoms with Gasteiger partial charge in [0, 0.05) is 10.9 Å². The average Bonchev–Trinajstić information content (AvgIpc) is 2.94. The van der Waals surface area contributed by atoms with Gasteiger partial charge in [-0.2, -0.15) is 0 Å². The van der Waals surface area contributed by atoms with Crippen LogP contribution in [-0.2, 0) is 11.2 Å². The van der Waals surface area contributed by atoms with Crippen LogP contribution in [0.5, 0.6) is 0 Å². The van der Waals surface area contributed by atoms with Crippen molar-refractivity contribution in [2.45, 2.75) is 52.5 Å². The quantitative estimate of drug-likeness (QED) is 0.897. The molecule has 0 saturated heterocycles. The highest BCUT2D eigenvalue weighted by Crippen LogP contribution is 2.38. The number of carbonyl (C=O) groups excluding carboxylic acids is 1. The number of hydrogen-bond acceptors (Lipinski definition) is 3. The van der Waals surface area contributed by atoms with Gasteiger partial charge in [-0.25, -0.2) is 0 Å². The van der Waals surface area contributed by atoms with E-state index in [2.05, 4.69) is 12.2 Å². The van der Waals surface area contributed by atoms with Gasteiger partial charge in [0.2, 0.25) is 0 Å². The molecule has 0 aromatic carbocycles. The van der Waals surface area contributed by atoms with Gasteiger partial charge in [0.25, 0.3) is 5.91 Å². The summed E-state index contributed by atoms with van der Waals surface area (Å²) in [5.41, 5.74) is 0.297. The molecule has 2 N–H and O–H groups in total. The fraction of sp³-hybridized carbons (Fsp3) is 0.600. The second-order valence-electron chi connectivity index (χ2n) is 5.71. The smallest absolute Gasteiger partial charge is 0.311 e. The molecule has 1 aromatic heterocycles. The number of carbonyl (C=O) groups is 2. The molecule has 1 aromatic rings. The van der Waals surface area contributed by atoms with Crippen molar-refractivity contribution < 1.29 is 14.7 Å². The van der Waals surface area contributed by atoms with Crippen LogP contribution in [0.4, 0.5) is 0 Å². The summed E-state index contributed by atoms with van der Waals surface area (Å²) in [4.78, 5) is 25.6. The van der Waals surface area contributed by atoms with Gasteiger partial charge in [0.1, 0.15) is 0 Å². The highest BCUT2D eigenvalue weighted by Gasteiger charge is 2.46. The monoisotopic (exact) mass is 295 g/mol. The standard InChI is InChI=1S/C15H21NO3S/c1-4-10-9(2)8-11(20-10)13(17)16-12-6-5-7-15(12,3)14(18)19/h8,12H,4-7H2,1-3H3,(H,16,17)(H,18,19). The van der Waals surface area contributed by atoms with E-state index in [9.17, 15) is 14.7 Å². The molecule has 2 atom stereocenters. The zero-order valence-corrected chi connectivity index (χ0v) is 13.0. The third kappa shape index (κ3) is 2.59. The van der Waals surface area contributed by atoms with Crippen LogP contribution in [0.2, 0.25) is 0 Å². The predicted octanol–water partition coefficient (Wildman–Crippen LogP) is 2.99. The number of aryl methyl sites for hydroxylation is 2. The summed E-state index contributed by atoms with van der Waals surface area (Å²) < 4.78 is 0. The van der Waals surface area contributed by atoms with Crippen LogP contribution >= 0.6 is 11.3 Å². The summed E-state index contributed by atoms with van der Waals surface area (Å²) in [5.74, 6) is -0.964. The molecule has 5 heteroatoms. The molecule has 1 heterocycles. The summed E-state index contributed by atoms with van der Waals surface area (Å²) in [7, 11) is 0. The van der Waals surface area contributed by atoms with E-state index in [1.165, 1.54) is 16.2 Å². The Balaban J connectivity index is 2.13. The normalized spacial score (nSPS) is 25.6. The lowest BCUT2D eigenvalue weighted by Gasteiger charge is -2.27. The van der Waals surface area contributed by atoms with Gasteiger partial charge < -0.3 is 10.4 Å². The molecule has 2 rings (SSSR count).